The van der Waals surface area contributed by atoms with Crippen LogP contribution in [0.15, 0.2) is 17.4 Å². The van der Waals surface area contributed by atoms with Gasteiger partial charge in [-0.15, -0.1) is 5.10 Å². The van der Waals surface area contributed by atoms with Gasteiger partial charge in [-0.1, -0.05) is 0 Å². The van der Waals surface area contributed by atoms with Crippen LogP contribution in [-0.2, 0) is 9.47 Å². The summed E-state index contributed by atoms with van der Waals surface area (Å²) in [6, 6.07) is 1.86. The van der Waals surface area contributed by atoms with Crippen molar-refractivity contribution in [3.05, 3.63) is 17.8 Å². The van der Waals surface area contributed by atoms with E-state index in [0.29, 0.717) is 51.0 Å². The fourth-order valence-corrected chi connectivity index (χ4v) is 3.23. The third-order valence-corrected chi connectivity index (χ3v) is 4.59. The zero-order chi connectivity index (χ0) is 18.6. The van der Waals surface area contributed by atoms with Crippen LogP contribution in [0, 0.1) is 0 Å². The maximum atomic E-state index is 12.9. The summed E-state index contributed by atoms with van der Waals surface area (Å²) < 4.78 is 12.5. The minimum Gasteiger partial charge on any atom is -0.378 e. The Morgan fingerprint density at radius 1 is 1.19 bits per heavy atom. The molecular formula is C17H23N7O3. The first-order chi connectivity index (χ1) is 13.3. The van der Waals surface area contributed by atoms with E-state index in [1.54, 1.807) is 21.8 Å². The summed E-state index contributed by atoms with van der Waals surface area (Å²) in [6.45, 7) is 6.92. The quantitative estimate of drug-likeness (QED) is 0.614. The van der Waals surface area contributed by atoms with Gasteiger partial charge in [-0.05, 0) is 13.0 Å². The number of hydrogen-bond acceptors (Lipinski definition) is 8. The van der Waals surface area contributed by atoms with Gasteiger partial charge in [0.25, 0.3) is 11.9 Å². The number of morpholine rings is 2. The predicted molar refractivity (Wildman–Crippen MR) is 101 cm³/mol. The third kappa shape index (κ3) is 3.71. The molecule has 10 heteroatoms. The van der Waals surface area contributed by atoms with E-state index >= 15 is 0 Å². The molecule has 0 atom stereocenters. The molecule has 2 aromatic heterocycles. The lowest BCUT2D eigenvalue weighted by molar-refractivity contribution is 0.0303. The van der Waals surface area contributed by atoms with Crippen molar-refractivity contribution in [1.82, 2.24) is 19.5 Å². The normalized spacial score (nSPS) is 18.4. The number of amides is 1. The Kier molecular flexibility index (Phi) is 5.16. The van der Waals surface area contributed by atoms with Crippen LogP contribution in [-0.4, -0.2) is 84.2 Å². The van der Waals surface area contributed by atoms with E-state index in [2.05, 4.69) is 25.5 Å². The Labute approximate surface area is 156 Å². The highest BCUT2D eigenvalue weighted by molar-refractivity contribution is 5.96. The highest BCUT2D eigenvalue weighted by Crippen LogP contribution is 2.24. The molecule has 0 bridgehead atoms. The van der Waals surface area contributed by atoms with E-state index in [9.17, 15) is 4.79 Å². The first-order valence-electron chi connectivity index (χ1n) is 9.10. The zero-order valence-electron chi connectivity index (χ0n) is 15.3. The molecule has 2 aromatic rings. The van der Waals surface area contributed by atoms with E-state index in [-0.39, 0.29) is 5.91 Å². The van der Waals surface area contributed by atoms with Gasteiger partial charge in [0.15, 0.2) is 5.82 Å². The van der Waals surface area contributed by atoms with E-state index in [1.165, 1.54) is 0 Å². The van der Waals surface area contributed by atoms with Crippen LogP contribution in [0.5, 0.6) is 0 Å². The van der Waals surface area contributed by atoms with Crippen molar-refractivity contribution >= 4 is 29.4 Å². The molecule has 1 amide bonds. The summed E-state index contributed by atoms with van der Waals surface area (Å²) in [5, 5.41) is 8.45. The molecule has 2 aliphatic rings. The smallest absolute Gasteiger partial charge is 0.263 e. The fourth-order valence-electron chi connectivity index (χ4n) is 3.23. The maximum absolute atomic E-state index is 12.9. The number of hydrazone groups is 1. The molecule has 27 heavy (non-hydrogen) atoms. The molecule has 144 valence electrons. The van der Waals surface area contributed by atoms with E-state index in [0.717, 1.165) is 24.4 Å². The van der Waals surface area contributed by atoms with Crippen LogP contribution in [0.1, 0.15) is 17.3 Å². The Morgan fingerprint density at radius 2 is 1.89 bits per heavy atom. The van der Waals surface area contributed by atoms with Gasteiger partial charge < -0.3 is 19.3 Å². The van der Waals surface area contributed by atoms with Crippen molar-refractivity contribution in [3.8, 4) is 0 Å². The first kappa shape index (κ1) is 17.7. The van der Waals surface area contributed by atoms with E-state index < -0.39 is 0 Å². The van der Waals surface area contributed by atoms with Crippen molar-refractivity contribution in [1.29, 1.82) is 0 Å². The van der Waals surface area contributed by atoms with Gasteiger partial charge in [-0.3, -0.25) is 4.79 Å². The average molecular weight is 373 g/mol. The SMILES string of the molecule is C/C=N/Nc1nc(N2CCOCC2)c2cc(C(=O)N3CCOCC3)cn2n1. The van der Waals surface area contributed by atoms with Crippen LogP contribution in [0.25, 0.3) is 5.52 Å². The van der Waals surface area contributed by atoms with Crippen molar-refractivity contribution < 1.29 is 14.3 Å². The number of rotatable bonds is 4. The topological polar surface area (TPSA) is 96.6 Å². The Bertz CT molecular complexity index is 838. The summed E-state index contributed by atoms with van der Waals surface area (Å²) in [6.07, 6.45) is 3.38. The number of carbonyl (C=O) groups excluding carboxylic acids is 1. The monoisotopic (exact) mass is 373 g/mol. The lowest BCUT2D eigenvalue weighted by atomic mass is 10.2. The number of fused-ring (bicyclic) bond motifs is 1. The van der Waals surface area contributed by atoms with Gasteiger partial charge in [0.05, 0.1) is 32.0 Å². The highest BCUT2D eigenvalue weighted by atomic mass is 16.5. The number of aromatic nitrogens is 3. The van der Waals surface area contributed by atoms with Gasteiger partial charge in [-0.2, -0.15) is 10.1 Å². The van der Waals surface area contributed by atoms with Crippen molar-refractivity contribution in [3.63, 3.8) is 0 Å². The second-order valence-electron chi connectivity index (χ2n) is 6.32. The predicted octanol–water partition coefficient (Wildman–Crippen LogP) is 0.456. The molecule has 0 radical (unpaired) electrons. The maximum Gasteiger partial charge on any atom is 0.263 e. The second-order valence-corrected chi connectivity index (χ2v) is 6.32. The van der Waals surface area contributed by atoms with Gasteiger partial charge in [0.1, 0.15) is 5.52 Å². The Balaban J connectivity index is 1.71. The molecule has 4 heterocycles. The molecule has 0 unspecified atom stereocenters. The average Bonchev–Trinajstić information content (AvgIpc) is 3.16. The Hall–Kier alpha value is -2.72. The number of carbonyl (C=O) groups is 1. The molecule has 0 aromatic carbocycles. The minimum absolute atomic E-state index is 0.0159. The van der Waals surface area contributed by atoms with Crippen molar-refractivity contribution in [2.75, 3.05) is 62.9 Å². The van der Waals surface area contributed by atoms with Crippen LogP contribution in [0.2, 0.25) is 0 Å². The molecule has 2 fully saturated rings. The largest absolute Gasteiger partial charge is 0.378 e. The molecule has 4 rings (SSSR count). The van der Waals surface area contributed by atoms with Gasteiger partial charge in [0, 0.05) is 38.6 Å². The second kappa shape index (κ2) is 7.89. The molecule has 10 nitrogen and oxygen atoms in total. The summed E-state index contributed by atoms with van der Waals surface area (Å²) >= 11 is 0. The molecule has 0 aliphatic carbocycles. The third-order valence-electron chi connectivity index (χ3n) is 4.59. The minimum atomic E-state index is -0.0159. The van der Waals surface area contributed by atoms with Gasteiger partial charge in [0.2, 0.25) is 0 Å². The molecule has 1 N–H and O–H groups in total. The molecule has 0 saturated carbocycles. The van der Waals surface area contributed by atoms with Crippen LogP contribution < -0.4 is 10.3 Å². The zero-order valence-corrected chi connectivity index (χ0v) is 15.3. The van der Waals surface area contributed by atoms with Crippen LogP contribution >= 0.6 is 0 Å². The van der Waals surface area contributed by atoms with Gasteiger partial charge >= 0.3 is 0 Å². The Morgan fingerprint density at radius 3 is 2.59 bits per heavy atom. The number of ether oxygens (including phenoxy) is 2. The number of anilines is 2. The first-order valence-corrected chi connectivity index (χ1v) is 9.10. The number of hydrogen-bond donors (Lipinski definition) is 1. The van der Waals surface area contributed by atoms with Crippen molar-refractivity contribution in [2.24, 2.45) is 5.10 Å². The fraction of sp³-hybridized carbons (Fsp3) is 0.529. The molecule has 2 aliphatic heterocycles. The summed E-state index contributed by atoms with van der Waals surface area (Å²) in [4.78, 5) is 21.4. The van der Waals surface area contributed by atoms with Gasteiger partial charge in [-0.25, -0.2) is 9.94 Å². The van der Waals surface area contributed by atoms with E-state index in [4.69, 9.17) is 9.47 Å². The van der Waals surface area contributed by atoms with Crippen LogP contribution in [0.4, 0.5) is 11.8 Å². The van der Waals surface area contributed by atoms with E-state index in [1.807, 2.05) is 13.0 Å². The number of nitrogens with one attached hydrogen (secondary N) is 1. The number of nitrogens with zero attached hydrogens (tertiary/aromatic N) is 6. The molecule has 2 saturated heterocycles. The molecular weight excluding hydrogens is 350 g/mol. The lowest BCUT2D eigenvalue weighted by Gasteiger charge is -2.28. The summed E-state index contributed by atoms with van der Waals surface area (Å²) in [5.41, 5.74) is 4.21. The molecule has 0 spiro atoms. The highest BCUT2D eigenvalue weighted by Gasteiger charge is 2.23. The van der Waals surface area contributed by atoms with Crippen LogP contribution in [0.3, 0.4) is 0 Å². The summed E-state index contributed by atoms with van der Waals surface area (Å²) in [5.74, 6) is 1.13. The lowest BCUT2D eigenvalue weighted by Crippen LogP contribution is -2.40. The standard InChI is InChI=1S/C17H23N7O3/c1-2-18-20-17-19-15(22-3-7-26-8-4-22)14-11-13(12-24(14)21-17)16(25)23-5-9-27-10-6-23/h2,11-12H,3-10H2,1H3,(H,20,21)/b18-2+. The van der Waals surface area contributed by atoms with Crippen molar-refractivity contribution in [2.45, 2.75) is 6.92 Å². The summed E-state index contributed by atoms with van der Waals surface area (Å²) in [7, 11) is 0.